The van der Waals surface area contributed by atoms with Gasteiger partial charge in [0.05, 0.1) is 31.3 Å². The molecule has 0 spiro atoms. The number of non-ortho nitro benzene ring substituents is 1. The maximum atomic E-state index is 14.2. The number of ether oxygens (including phenoxy) is 1. The van der Waals surface area contributed by atoms with E-state index in [1.807, 2.05) is 38.9 Å². The summed E-state index contributed by atoms with van der Waals surface area (Å²) in [6.07, 6.45) is 0.287. The predicted octanol–water partition coefficient (Wildman–Crippen LogP) is 4.25. The van der Waals surface area contributed by atoms with Crippen LogP contribution in [0.3, 0.4) is 0 Å². The molecule has 9 atom stereocenters. The highest BCUT2D eigenvalue weighted by atomic mass is 16.7. The molecule has 0 aromatic heterocycles. The number of hydrogen-bond acceptors (Lipinski definition) is 10. The van der Waals surface area contributed by atoms with Crippen molar-refractivity contribution in [3.63, 3.8) is 0 Å². The molecule has 1 aliphatic heterocycles. The van der Waals surface area contributed by atoms with Gasteiger partial charge >= 0.3 is 0 Å². The number of carbonyl (C=O) groups is 2. The first-order chi connectivity index (χ1) is 24.5. The van der Waals surface area contributed by atoms with Gasteiger partial charge in [0.25, 0.3) is 11.6 Å². The minimum absolute atomic E-state index is 0.00854. The summed E-state index contributed by atoms with van der Waals surface area (Å²) >= 11 is 0. The van der Waals surface area contributed by atoms with Crippen LogP contribution in [0.25, 0.3) is 11.1 Å². The van der Waals surface area contributed by atoms with Crippen molar-refractivity contribution in [2.24, 2.45) is 35.0 Å². The SMILES string of the molecule is COc1c(CN2O[C@@H](CO)[C@H]([C@H](C)O)[C@H]2C(=O)N[C@H]2C[C@H]3C[C@@H]([C@@H]2C)C3(C)C)cccc1-c1cc(C(=O)N[C@H](CN(C)C)C(C)C)cc([N+](=O)[O-])c1. The van der Waals surface area contributed by atoms with Crippen molar-refractivity contribution in [3.05, 3.63) is 57.6 Å². The van der Waals surface area contributed by atoms with Gasteiger partial charge in [0.1, 0.15) is 17.9 Å². The molecule has 52 heavy (non-hydrogen) atoms. The molecule has 13 heteroatoms. The Morgan fingerprint density at radius 3 is 2.44 bits per heavy atom. The fraction of sp³-hybridized carbons (Fsp3) is 0.641. The van der Waals surface area contributed by atoms with Crippen LogP contribution >= 0.6 is 0 Å². The number of likely N-dealkylation sites (N-methyl/N-ethyl adjacent to an activating group) is 1. The zero-order chi connectivity index (χ0) is 38.2. The van der Waals surface area contributed by atoms with E-state index in [1.54, 1.807) is 25.1 Å². The van der Waals surface area contributed by atoms with Gasteiger partial charge in [-0.3, -0.25) is 24.5 Å². The lowest BCUT2D eigenvalue weighted by Crippen LogP contribution is -2.62. The summed E-state index contributed by atoms with van der Waals surface area (Å²) in [4.78, 5) is 47.4. The van der Waals surface area contributed by atoms with Crippen molar-refractivity contribution in [1.82, 2.24) is 20.6 Å². The number of nitro groups is 1. The van der Waals surface area contributed by atoms with E-state index in [9.17, 15) is 29.9 Å². The number of amides is 2. The van der Waals surface area contributed by atoms with E-state index in [-0.39, 0.29) is 47.1 Å². The number of nitrogens with one attached hydrogen (secondary N) is 2. The Morgan fingerprint density at radius 1 is 1.17 bits per heavy atom. The van der Waals surface area contributed by atoms with Gasteiger partial charge < -0.3 is 30.5 Å². The molecule has 4 aliphatic rings. The third-order valence-electron chi connectivity index (χ3n) is 12.1. The zero-order valence-electron chi connectivity index (χ0n) is 32.0. The Morgan fingerprint density at radius 2 is 1.88 bits per heavy atom. The van der Waals surface area contributed by atoms with Crippen molar-refractivity contribution >= 4 is 17.5 Å². The Balaban J connectivity index is 1.46. The van der Waals surface area contributed by atoms with E-state index >= 15 is 0 Å². The summed E-state index contributed by atoms with van der Waals surface area (Å²) < 4.78 is 5.92. The molecule has 2 aromatic carbocycles. The minimum Gasteiger partial charge on any atom is -0.496 e. The number of hydrogen-bond donors (Lipinski definition) is 4. The summed E-state index contributed by atoms with van der Waals surface area (Å²) in [6, 6.07) is 8.53. The number of aliphatic hydroxyl groups excluding tert-OH is 2. The van der Waals surface area contributed by atoms with Crippen LogP contribution in [0, 0.1) is 45.1 Å². The molecule has 1 heterocycles. The number of rotatable bonds is 14. The lowest BCUT2D eigenvalue weighted by Gasteiger charge is -2.62. The van der Waals surface area contributed by atoms with Crippen LogP contribution in [-0.2, 0) is 16.2 Å². The first-order valence-corrected chi connectivity index (χ1v) is 18.4. The van der Waals surface area contributed by atoms with Crippen LogP contribution in [0.4, 0.5) is 5.69 Å². The molecule has 1 saturated heterocycles. The molecule has 4 N–H and O–H groups in total. The molecule has 4 fully saturated rings. The van der Waals surface area contributed by atoms with E-state index < -0.39 is 41.6 Å². The summed E-state index contributed by atoms with van der Waals surface area (Å²) in [6.45, 7) is 12.7. The van der Waals surface area contributed by atoms with Crippen LogP contribution in [0.15, 0.2) is 36.4 Å². The number of para-hydroxylation sites is 1. The molecule has 3 saturated carbocycles. The average molecular weight is 724 g/mol. The van der Waals surface area contributed by atoms with Crippen molar-refractivity contribution in [2.45, 2.75) is 91.3 Å². The third-order valence-corrected chi connectivity index (χ3v) is 12.1. The second kappa shape index (κ2) is 15.8. The van der Waals surface area contributed by atoms with Crippen LogP contribution < -0.4 is 15.4 Å². The summed E-state index contributed by atoms with van der Waals surface area (Å²) in [5, 5.41) is 41.1. The number of hydroxylamine groups is 2. The molecule has 2 bridgehead atoms. The Hall–Kier alpha value is -3.62. The third kappa shape index (κ3) is 7.84. The standard InChI is InChI=1S/C39H57N5O8/c1-21(2)32(19-42(7)8)41-37(47)26-13-25(14-28(15-26)44(49)50)29-12-10-11-24(36(29)51-9)18-43-35(34(23(4)46)33(20-45)52-43)38(48)40-31-17-27-16-30(22(31)3)39(27,5)6/h10-15,21-23,27,30-35,45-46H,16-20H2,1-9H3,(H,40,48)(H,41,47)/t22-,23-,27+,30-,31-,32+,33-,34-,35-/m0/s1. The van der Waals surface area contributed by atoms with Gasteiger partial charge in [0, 0.05) is 53.4 Å². The summed E-state index contributed by atoms with van der Waals surface area (Å²) in [5.41, 5.74) is 1.68. The van der Waals surface area contributed by atoms with Crippen LogP contribution in [0.1, 0.15) is 70.3 Å². The molecule has 2 aromatic rings. The van der Waals surface area contributed by atoms with Gasteiger partial charge in [-0.05, 0) is 74.6 Å². The molecule has 13 nitrogen and oxygen atoms in total. The molecular formula is C39H57N5O8. The fourth-order valence-electron chi connectivity index (χ4n) is 8.90. The van der Waals surface area contributed by atoms with Crippen molar-refractivity contribution in [1.29, 1.82) is 0 Å². The highest BCUT2D eigenvalue weighted by molar-refractivity contribution is 5.97. The van der Waals surface area contributed by atoms with E-state index in [0.717, 1.165) is 6.42 Å². The van der Waals surface area contributed by atoms with E-state index in [4.69, 9.17) is 9.57 Å². The van der Waals surface area contributed by atoms with Gasteiger partial charge in [0.15, 0.2) is 0 Å². The summed E-state index contributed by atoms with van der Waals surface area (Å²) in [5.74, 6) is 0.465. The van der Waals surface area contributed by atoms with Gasteiger partial charge in [0.2, 0.25) is 5.91 Å². The van der Waals surface area contributed by atoms with Crippen LogP contribution in [-0.4, -0.2) is 102 Å². The lowest BCUT2D eigenvalue weighted by atomic mass is 9.45. The molecule has 0 radical (unpaired) electrons. The number of fused-ring (bicyclic) bond motifs is 2. The lowest BCUT2D eigenvalue weighted by molar-refractivity contribution is -0.384. The second-order valence-corrected chi connectivity index (χ2v) is 16.3. The minimum atomic E-state index is -0.954. The molecule has 3 aliphatic carbocycles. The van der Waals surface area contributed by atoms with E-state index in [1.165, 1.54) is 30.7 Å². The molecule has 6 rings (SSSR count). The van der Waals surface area contributed by atoms with Gasteiger partial charge in [-0.2, -0.15) is 5.06 Å². The van der Waals surface area contributed by atoms with E-state index in [0.29, 0.717) is 46.7 Å². The number of benzene rings is 2. The highest BCUT2D eigenvalue weighted by Crippen LogP contribution is 2.61. The Kier molecular flexibility index (Phi) is 12.0. The molecule has 0 unspecified atom stereocenters. The zero-order valence-corrected chi connectivity index (χ0v) is 32.0. The smallest absolute Gasteiger partial charge is 0.270 e. The number of nitro benzene ring substituents is 1. The maximum Gasteiger partial charge on any atom is 0.270 e. The van der Waals surface area contributed by atoms with Crippen molar-refractivity contribution < 1.29 is 34.3 Å². The predicted molar refractivity (Wildman–Crippen MR) is 197 cm³/mol. The largest absolute Gasteiger partial charge is 0.496 e. The summed E-state index contributed by atoms with van der Waals surface area (Å²) in [7, 11) is 5.33. The average Bonchev–Trinajstić information content (AvgIpc) is 3.46. The highest BCUT2D eigenvalue weighted by Gasteiger charge is 2.57. The first-order valence-electron chi connectivity index (χ1n) is 18.4. The maximum absolute atomic E-state index is 14.2. The number of methoxy groups -OCH3 is 1. The Labute approximate surface area is 307 Å². The van der Waals surface area contributed by atoms with Gasteiger partial charge in [-0.25, -0.2) is 0 Å². The van der Waals surface area contributed by atoms with Crippen LogP contribution in [0.2, 0.25) is 0 Å². The Bertz CT molecular complexity index is 1630. The number of nitrogens with zero attached hydrogens (tertiary/aromatic N) is 3. The van der Waals surface area contributed by atoms with Gasteiger partial charge in [-0.1, -0.05) is 52.8 Å². The number of carbonyl (C=O) groups excluding carboxylic acids is 2. The number of aliphatic hydroxyl groups is 2. The monoisotopic (exact) mass is 723 g/mol. The fourth-order valence-corrected chi connectivity index (χ4v) is 8.90. The topological polar surface area (TPSA) is 167 Å². The molecular weight excluding hydrogens is 666 g/mol. The normalized spacial score (nSPS) is 27.9. The van der Waals surface area contributed by atoms with Crippen LogP contribution in [0.5, 0.6) is 5.75 Å². The van der Waals surface area contributed by atoms with Crippen molar-refractivity contribution in [2.75, 3.05) is 34.4 Å². The van der Waals surface area contributed by atoms with Gasteiger partial charge in [-0.15, -0.1) is 0 Å². The molecule has 2 amide bonds. The van der Waals surface area contributed by atoms with Crippen molar-refractivity contribution in [3.8, 4) is 16.9 Å². The second-order valence-electron chi connectivity index (χ2n) is 16.3. The first kappa shape index (κ1) is 39.6. The molecule has 286 valence electrons. The quantitative estimate of drug-likeness (QED) is 0.164. The van der Waals surface area contributed by atoms with E-state index in [2.05, 4.69) is 31.4 Å².